The van der Waals surface area contributed by atoms with Crippen LogP contribution < -0.4 is 11.5 Å². The van der Waals surface area contributed by atoms with Gasteiger partial charge in [-0.15, -0.1) is 0 Å². The Morgan fingerprint density at radius 1 is 1.71 bits per heavy atom. The standard InChI is InChI=1S/C9H16N4O/c1-2-8-12-4-6-13(8)5-3-7(10)9(11)14/h4,6-7H,2-3,5,10H2,1H3,(H2,11,14). The Bertz CT molecular complexity index is 308. The van der Waals surface area contributed by atoms with Gasteiger partial charge < -0.3 is 16.0 Å². The van der Waals surface area contributed by atoms with E-state index < -0.39 is 11.9 Å². The molecule has 0 radical (unpaired) electrons. The summed E-state index contributed by atoms with van der Waals surface area (Å²) in [5, 5.41) is 0. The fraction of sp³-hybridized carbons (Fsp3) is 0.556. The van der Waals surface area contributed by atoms with Crippen LogP contribution in [0.4, 0.5) is 0 Å². The highest BCUT2D eigenvalue weighted by atomic mass is 16.1. The van der Waals surface area contributed by atoms with Gasteiger partial charge in [0.2, 0.25) is 5.91 Å². The van der Waals surface area contributed by atoms with Gasteiger partial charge in [-0.1, -0.05) is 6.92 Å². The number of nitrogens with zero attached hydrogens (tertiary/aromatic N) is 2. The lowest BCUT2D eigenvalue weighted by molar-refractivity contribution is -0.119. The maximum absolute atomic E-state index is 10.7. The molecule has 4 N–H and O–H groups in total. The average Bonchev–Trinajstić information content (AvgIpc) is 2.60. The van der Waals surface area contributed by atoms with Gasteiger partial charge in [0.05, 0.1) is 6.04 Å². The molecule has 1 unspecified atom stereocenters. The van der Waals surface area contributed by atoms with Crippen molar-refractivity contribution in [2.45, 2.75) is 32.4 Å². The molecule has 1 heterocycles. The van der Waals surface area contributed by atoms with Gasteiger partial charge >= 0.3 is 0 Å². The number of primary amides is 1. The van der Waals surface area contributed by atoms with Crippen LogP contribution in [-0.4, -0.2) is 21.5 Å². The van der Waals surface area contributed by atoms with Crippen molar-refractivity contribution in [1.82, 2.24) is 9.55 Å². The molecule has 0 spiro atoms. The molecule has 0 saturated carbocycles. The summed E-state index contributed by atoms with van der Waals surface area (Å²) in [6.07, 6.45) is 5.05. The minimum absolute atomic E-state index is 0.455. The summed E-state index contributed by atoms with van der Waals surface area (Å²) in [4.78, 5) is 14.8. The third-order valence-electron chi connectivity index (χ3n) is 2.16. The quantitative estimate of drug-likeness (QED) is 0.674. The highest BCUT2D eigenvalue weighted by molar-refractivity contribution is 5.79. The summed E-state index contributed by atoms with van der Waals surface area (Å²) >= 11 is 0. The van der Waals surface area contributed by atoms with Crippen LogP contribution in [0.25, 0.3) is 0 Å². The van der Waals surface area contributed by atoms with Crippen molar-refractivity contribution in [3.63, 3.8) is 0 Å². The molecule has 1 amide bonds. The highest BCUT2D eigenvalue weighted by Gasteiger charge is 2.09. The third-order valence-corrected chi connectivity index (χ3v) is 2.16. The number of rotatable bonds is 5. The largest absolute Gasteiger partial charge is 0.368 e. The number of hydrogen-bond acceptors (Lipinski definition) is 3. The zero-order chi connectivity index (χ0) is 10.6. The van der Waals surface area contributed by atoms with Crippen LogP contribution in [0.3, 0.4) is 0 Å². The molecule has 0 aromatic carbocycles. The van der Waals surface area contributed by atoms with E-state index >= 15 is 0 Å². The Kier molecular flexibility index (Phi) is 3.64. The van der Waals surface area contributed by atoms with E-state index in [4.69, 9.17) is 11.5 Å². The number of aromatic nitrogens is 2. The minimum Gasteiger partial charge on any atom is -0.368 e. The van der Waals surface area contributed by atoms with Crippen molar-refractivity contribution >= 4 is 5.91 Å². The molecule has 0 fully saturated rings. The number of carbonyl (C=O) groups excluding carboxylic acids is 1. The van der Waals surface area contributed by atoms with Crippen LogP contribution >= 0.6 is 0 Å². The van der Waals surface area contributed by atoms with Gasteiger partial charge in [-0.2, -0.15) is 0 Å². The van der Waals surface area contributed by atoms with Crippen LogP contribution in [0, 0.1) is 0 Å². The Hall–Kier alpha value is -1.36. The molecule has 0 aliphatic carbocycles. The number of imidazole rings is 1. The Labute approximate surface area is 83.1 Å². The van der Waals surface area contributed by atoms with E-state index in [2.05, 4.69) is 4.98 Å². The van der Waals surface area contributed by atoms with E-state index in [1.807, 2.05) is 17.7 Å². The lowest BCUT2D eigenvalue weighted by Gasteiger charge is -2.09. The topological polar surface area (TPSA) is 86.9 Å². The first-order valence-electron chi connectivity index (χ1n) is 4.70. The molecule has 0 aliphatic heterocycles. The summed E-state index contributed by atoms with van der Waals surface area (Å²) in [5.74, 6) is 0.546. The van der Waals surface area contributed by atoms with Crippen LogP contribution in [0.5, 0.6) is 0 Å². The first-order chi connectivity index (χ1) is 6.65. The minimum atomic E-state index is -0.567. The van der Waals surface area contributed by atoms with Crippen molar-refractivity contribution in [2.24, 2.45) is 11.5 Å². The molecule has 0 saturated heterocycles. The second-order valence-corrected chi connectivity index (χ2v) is 3.19. The van der Waals surface area contributed by atoms with Crippen LogP contribution in [-0.2, 0) is 17.8 Å². The van der Waals surface area contributed by atoms with E-state index in [1.165, 1.54) is 0 Å². The molecule has 5 heteroatoms. The molecule has 0 bridgehead atoms. The van der Waals surface area contributed by atoms with Gasteiger partial charge in [0, 0.05) is 25.4 Å². The number of aryl methyl sites for hydroxylation is 2. The lowest BCUT2D eigenvalue weighted by Crippen LogP contribution is -2.37. The lowest BCUT2D eigenvalue weighted by atomic mass is 10.2. The van der Waals surface area contributed by atoms with Crippen molar-refractivity contribution in [2.75, 3.05) is 0 Å². The molecule has 78 valence electrons. The maximum Gasteiger partial charge on any atom is 0.234 e. The Morgan fingerprint density at radius 2 is 2.43 bits per heavy atom. The SMILES string of the molecule is CCc1nccn1CCC(N)C(N)=O. The first-order valence-corrected chi connectivity index (χ1v) is 4.70. The van der Waals surface area contributed by atoms with Gasteiger partial charge in [0.1, 0.15) is 5.82 Å². The zero-order valence-electron chi connectivity index (χ0n) is 8.31. The molecular weight excluding hydrogens is 180 g/mol. The van der Waals surface area contributed by atoms with E-state index in [0.717, 1.165) is 12.2 Å². The highest BCUT2D eigenvalue weighted by Crippen LogP contribution is 2.01. The summed E-state index contributed by atoms with van der Waals surface area (Å²) < 4.78 is 1.99. The van der Waals surface area contributed by atoms with Crippen LogP contribution in [0.1, 0.15) is 19.2 Å². The third kappa shape index (κ3) is 2.56. The van der Waals surface area contributed by atoms with Crippen molar-refractivity contribution in [1.29, 1.82) is 0 Å². The van der Waals surface area contributed by atoms with Crippen LogP contribution in [0.15, 0.2) is 12.4 Å². The second-order valence-electron chi connectivity index (χ2n) is 3.19. The molecule has 1 rings (SSSR count). The van der Waals surface area contributed by atoms with Gasteiger partial charge in [-0.05, 0) is 6.42 Å². The molecule has 1 aromatic heterocycles. The van der Waals surface area contributed by atoms with Gasteiger partial charge in [-0.3, -0.25) is 4.79 Å². The van der Waals surface area contributed by atoms with E-state index in [9.17, 15) is 4.79 Å². The number of nitrogens with two attached hydrogens (primary N) is 2. The van der Waals surface area contributed by atoms with Gasteiger partial charge in [0.15, 0.2) is 0 Å². The normalized spacial score (nSPS) is 12.7. The maximum atomic E-state index is 10.7. The van der Waals surface area contributed by atoms with Crippen LogP contribution in [0.2, 0.25) is 0 Å². The molecule has 1 atom stereocenters. The monoisotopic (exact) mass is 196 g/mol. The summed E-state index contributed by atoms with van der Waals surface area (Å²) in [6.45, 7) is 2.72. The number of hydrogen-bond donors (Lipinski definition) is 2. The fourth-order valence-electron chi connectivity index (χ4n) is 1.28. The molecule has 0 aliphatic rings. The Balaban J connectivity index is 2.49. The Morgan fingerprint density at radius 3 is 3.00 bits per heavy atom. The van der Waals surface area contributed by atoms with Gasteiger partial charge in [-0.25, -0.2) is 4.98 Å². The molecule has 14 heavy (non-hydrogen) atoms. The number of carbonyl (C=O) groups is 1. The van der Waals surface area contributed by atoms with E-state index in [0.29, 0.717) is 13.0 Å². The summed E-state index contributed by atoms with van der Waals surface area (Å²) in [6, 6.07) is -0.567. The second kappa shape index (κ2) is 4.76. The molecule has 5 nitrogen and oxygen atoms in total. The van der Waals surface area contributed by atoms with E-state index in [1.54, 1.807) is 6.20 Å². The summed E-state index contributed by atoms with van der Waals surface area (Å²) in [7, 11) is 0. The first kappa shape index (κ1) is 10.7. The van der Waals surface area contributed by atoms with Crippen molar-refractivity contribution in [3.8, 4) is 0 Å². The average molecular weight is 196 g/mol. The summed E-state index contributed by atoms with van der Waals surface area (Å²) in [5.41, 5.74) is 10.6. The van der Waals surface area contributed by atoms with Crippen molar-refractivity contribution < 1.29 is 4.79 Å². The predicted octanol–water partition coefficient (Wildman–Crippen LogP) is -0.352. The molecule has 1 aromatic rings. The molecular formula is C9H16N4O. The zero-order valence-corrected chi connectivity index (χ0v) is 8.31. The van der Waals surface area contributed by atoms with Crippen molar-refractivity contribution in [3.05, 3.63) is 18.2 Å². The van der Waals surface area contributed by atoms with Gasteiger partial charge in [0.25, 0.3) is 0 Å². The smallest absolute Gasteiger partial charge is 0.234 e. The predicted molar refractivity (Wildman–Crippen MR) is 53.4 cm³/mol. The fourth-order valence-corrected chi connectivity index (χ4v) is 1.28. The van der Waals surface area contributed by atoms with E-state index in [-0.39, 0.29) is 0 Å². The number of amides is 1.